The molecular formula is C4H10NO4P. The largest absolute Gasteiger partial charge is 0.512 e. The van der Waals surface area contributed by atoms with Gasteiger partial charge < -0.3 is 14.9 Å². The van der Waals surface area contributed by atoms with E-state index in [0.717, 1.165) is 0 Å². The lowest BCUT2D eigenvalue weighted by molar-refractivity contribution is 0.362. The highest BCUT2D eigenvalue weighted by atomic mass is 31.2. The fourth-order valence-electron chi connectivity index (χ4n) is 0.346. The summed E-state index contributed by atoms with van der Waals surface area (Å²) < 4.78 is 10.1. The number of aliphatic hydroxyl groups excluding tert-OH is 1. The Labute approximate surface area is 58.5 Å². The van der Waals surface area contributed by atoms with Gasteiger partial charge in [0.15, 0.2) is 0 Å². The average molecular weight is 167 g/mol. The molecule has 0 spiro atoms. The molecule has 0 rings (SSSR count). The van der Waals surface area contributed by atoms with E-state index in [-0.39, 0.29) is 12.3 Å². The first kappa shape index (κ1) is 9.65. The second-order valence-corrected chi connectivity index (χ2v) is 3.46. The summed E-state index contributed by atoms with van der Waals surface area (Å²) in [5.41, 5.74) is 0. The Balaban J connectivity index is 3.39. The van der Waals surface area contributed by atoms with E-state index in [1.807, 2.05) is 0 Å². The minimum Gasteiger partial charge on any atom is -0.512 e. The smallest absolute Gasteiger partial charge is 0.339 e. The molecule has 4 N–H and O–H groups in total. The van der Waals surface area contributed by atoms with Crippen LogP contribution in [-0.2, 0) is 4.57 Å². The molecule has 0 radical (unpaired) electrons. The molecule has 0 aliphatic carbocycles. The van der Waals surface area contributed by atoms with E-state index in [0.29, 0.717) is 0 Å². The van der Waals surface area contributed by atoms with Gasteiger partial charge in [0.1, 0.15) is 0 Å². The van der Waals surface area contributed by atoms with Crippen LogP contribution in [0.2, 0.25) is 0 Å². The van der Waals surface area contributed by atoms with Crippen molar-refractivity contribution < 1.29 is 19.5 Å². The number of rotatable bonds is 4. The van der Waals surface area contributed by atoms with Crippen LogP contribution in [0.5, 0.6) is 0 Å². The summed E-state index contributed by atoms with van der Waals surface area (Å²) in [5.74, 6) is -0.145. The van der Waals surface area contributed by atoms with Gasteiger partial charge in [0.05, 0.1) is 18.6 Å². The SMILES string of the molecule is C=C(O)CNCP(=O)(O)O. The molecule has 6 heteroatoms. The summed E-state index contributed by atoms with van der Waals surface area (Å²) in [6.45, 7) is 3.12. The third-order valence-corrected chi connectivity index (χ3v) is 1.28. The lowest BCUT2D eigenvalue weighted by Crippen LogP contribution is -2.17. The molecular weight excluding hydrogens is 157 g/mol. The van der Waals surface area contributed by atoms with E-state index in [1.165, 1.54) is 0 Å². The third-order valence-electron chi connectivity index (χ3n) is 0.647. The number of aliphatic hydroxyl groups is 1. The molecule has 0 atom stereocenters. The van der Waals surface area contributed by atoms with E-state index in [2.05, 4.69) is 11.9 Å². The molecule has 0 aliphatic heterocycles. The maximum Gasteiger partial charge on any atom is 0.339 e. The van der Waals surface area contributed by atoms with E-state index < -0.39 is 13.9 Å². The van der Waals surface area contributed by atoms with Gasteiger partial charge in [-0.3, -0.25) is 9.88 Å². The monoisotopic (exact) mass is 167 g/mol. The Morgan fingerprint density at radius 2 is 2.10 bits per heavy atom. The molecule has 10 heavy (non-hydrogen) atoms. The molecule has 0 unspecified atom stereocenters. The first-order valence-electron chi connectivity index (χ1n) is 2.54. The summed E-state index contributed by atoms with van der Waals surface area (Å²) >= 11 is 0. The fraction of sp³-hybridized carbons (Fsp3) is 0.500. The van der Waals surface area contributed by atoms with Crippen LogP contribution in [0, 0.1) is 0 Å². The predicted molar refractivity (Wildman–Crippen MR) is 36.7 cm³/mol. The van der Waals surface area contributed by atoms with E-state index in [4.69, 9.17) is 14.9 Å². The van der Waals surface area contributed by atoms with Crippen LogP contribution in [0.15, 0.2) is 12.3 Å². The Morgan fingerprint density at radius 3 is 2.40 bits per heavy atom. The van der Waals surface area contributed by atoms with Crippen molar-refractivity contribution in [3.63, 3.8) is 0 Å². The van der Waals surface area contributed by atoms with Gasteiger partial charge in [-0.2, -0.15) is 0 Å². The highest BCUT2D eigenvalue weighted by Crippen LogP contribution is 2.31. The first-order valence-corrected chi connectivity index (χ1v) is 4.33. The van der Waals surface area contributed by atoms with Crippen molar-refractivity contribution >= 4 is 7.60 Å². The number of hydrogen-bond acceptors (Lipinski definition) is 3. The second-order valence-electron chi connectivity index (χ2n) is 1.82. The lowest BCUT2D eigenvalue weighted by Gasteiger charge is -2.03. The van der Waals surface area contributed by atoms with Crippen molar-refractivity contribution in [3.05, 3.63) is 12.3 Å². The normalized spacial score (nSPS) is 11.4. The van der Waals surface area contributed by atoms with Crippen LogP contribution >= 0.6 is 7.60 Å². The maximum absolute atomic E-state index is 10.1. The van der Waals surface area contributed by atoms with E-state index >= 15 is 0 Å². The average Bonchev–Trinajstić information content (AvgIpc) is 1.59. The van der Waals surface area contributed by atoms with Crippen molar-refractivity contribution in [2.24, 2.45) is 0 Å². The van der Waals surface area contributed by atoms with E-state index in [9.17, 15) is 4.57 Å². The van der Waals surface area contributed by atoms with Crippen molar-refractivity contribution in [2.75, 3.05) is 12.8 Å². The van der Waals surface area contributed by atoms with Crippen LogP contribution in [0.1, 0.15) is 0 Å². The lowest BCUT2D eigenvalue weighted by atomic mass is 10.6. The molecule has 0 aliphatic rings. The second kappa shape index (κ2) is 3.73. The van der Waals surface area contributed by atoms with Gasteiger partial charge in [-0.1, -0.05) is 6.58 Å². The van der Waals surface area contributed by atoms with Gasteiger partial charge in [-0.25, -0.2) is 0 Å². The number of nitrogens with one attached hydrogen (secondary N) is 1. The molecule has 0 saturated carbocycles. The minimum absolute atomic E-state index is 0.00507. The molecule has 0 aromatic carbocycles. The molecule has 0 saturated heterocycles. The molecule has 0 amide bonds. The predicted octanol–water partition coefficient (Wildman–Crippen LogP) is -0.217. The Kier molecular flexibility index (Phi) is 3.60. The molecule has 0 fully saturated rings. The molecule has 0 aromatic rings. The zero-order chi connectivity index (χ0) is 8.20. The van der Waals surface area contributed by atoms with Crippen molar-refractivity contribution in [2.45, 2.75) is 0 Å². The van der Waals surface area contributed by atoms with Crippen molar-refractivity contribution in [3.8, 4) is 0 Å². The van der Waals surface area contributed by atoms with Gasteiger partial charge >= 0.3 is 7.60 Å². The summed E-state index contributed by atoms with van der Waals surface area (Å²) in [5, 5.41) is 10.8. The van der Waals surface area contributed by atoms with Gasteiger partial charge in [0, 0.05) is 0 Å². The summed E-state index contributed by atoms with van der Waals surface area (Å²) in [7, 11) is -3.99. The maximum atomic E-state index is 10.1. The topological polar surface area (TPSA) is 89.8 Å². The van der Waals surface area contributed by atoms with Crippen molar-refractivity contribution in [1.29, 1.82) is 0 Å². The molecule has 0 aromatic heterocycles. The first-order chi connectivity index (χ1) is 4.42. The fourth-order valence-corrected chi connectivity index (χ4v) is 0.749. The Hall–Kier alpha value is -0.350. The highest BCUT2D eigenvalue weighted by Gasteiger charge is 2.10. The summed E-state index contributed by atoms with van der Waals surface area (Å²) in [6.07, 6.45) is -0.438. The molecule has 60 valence electrons. The molecule has 5 nitrogen and oxygen atoms in total. The van der Waals surface area contributed by atoms with E-state index in [1.54, 1.807) is 0 Å². The van der Waals surface area contributed by atoms with Crippen LogP contribution < -0.4 is 5.32 Å². The Morgan fingerprint density at radius 1 is 1.60 bits per heavy atom. The van der Waals surface area contributed by atoms with Crippen LogP contribution in [-0.4, -0.2) is 27.7 Å². The van der Waals surface area contributed by atoms with Gasteiger partial charge in [-0.05, 0) is 0 Å². The van der Waals surface area contributed by atoms with Crippen LogP contribution in [0.4, 0.5) is 0 Å². The van der Waals surface area contributed by atoms with Crippen LogP contribution in [0.3, 0.4) is 0 Å². The van der Waals surface area contributed by atoms with Crippen molar-refractivity contribution in [1.82, 2.24) is 5.32 Å². The van der Waals surface area contributed by atoms with Gasteiger partial charge in [0.25, 0.3) is 0 Å². The number of hydrogen-bond donors (Lipinski definition) is 4. The van der Waals surface area contributed by atoms with Crippen LogP contribution in [0.25, 0.3) is 0 Å². The molecule has 0 heterocycles. The standard InChI is InChI=1S/C4H10NO4P/c1-4(6)2-5-3-10(7,8)9/h5-6H,1-3H2,(H2,7,8,9). The quantitative estimate of drug-likeness (QED) is 0.343. The molecule has 0 bridgehead atoms. The van der Waals surface area contributed by atoms with Gasteiger partial charge in [0.2, 0.25) is 0 Å². The third kappa shape index (κ3) is 7.65. The zero-order valence-corrected chi connectivity index (χ0v) is 6.21. The Bertz CT molecular complexity index is 163. The zero-order valence-electron chi connectivity index (χ0n) is 5.32. The minimum atomic E-state index is -3.99. The summed E-state index contributed by atoms with van der Waals surface area (Å²) in [4.78, 5) is 16.5. The van der Waals surface area contributed by atoms with Gasteiger partial charge in [-0.15, -0.1) is 0 Å². The summed E-state index contributed by atoms with van der Waals surface area (Å²) in [6, 6.07) is 0. The highest BCUT2D eigenvalue weighted by molar-refractivity contribution is 7.51.